The zero-order valence-electron chi connectivity index (χ0n) is 9.69. The number of amides is 1. The van der Waals surface area contributed by atoms with Gasteiger partial charge in [0.15, 0.2) is 0 Å². The van der Waals surface area contributed by atoms with Crippen molar-refractivity contribution in [3.63, 3.8) is 0 Å². The highest BCUT2D eigenvalue weighted by atomic mass is 35.5. The van der Waals surface area contributed by atoms with Crippen LogP contribution in [-0.4, -0.2) is 18.3 Å². The lowest BCUT2D eigenvalue weighted by atomic mass is 9.96. The summed E-state index contributed by atoms with van der Waals surface area (Å²) in [5.41, 5.74) is -0.00491. The van der Waals surface area contributed by atoms with Crippen LogP contribution in [0.1, 0.15) is 40.5 Å². The Morgan fingerprint density at radius 2 is 2.00 bits per heavy atom. The maximum absolute atomic E-state index is 11.4. The van der Waals surface area contributed by atoms with Crippen LogP contribution in [0.2, 0.25) is 0 Å². The normalized spacial score (nSPS) is 11.9. The van der Waals surface area contributed by atoms with Gasteiger partial charge in [-0.2, -0.15) is 0 Å². The number of nitrogens with one attached hydrogen (secondary N) is 1. The molecule has 0 aliphatic carbocycles. The topological polar surface area (TPSA) is 29.1 Å². The van der Waals surface area contributed by atoms with Crippen LogP contribution in [0.3, 0.4) is 0 Å². The predicted molar refractivity (Wildman–Crippen MR) is 61.6 cm³/mol. The molecule has 0 fully saturated rings. The molecule has 1 N–H and O–H groups in total. The summed E-state index contributed by atoms with van der Waals surface area (Å²) in [5, 5.41) is 2.91. The highest BCUT2D eigenvalue weighted by Gasteiger charge is 2.17. The van der Waals surface area contributed by atoms with Crippen LogP contribution in [-0.2, 0) is 4.79 Å². The zero-order chi connectivity index (χ0) is 11.2. The highest BCUT2D eigenvalue weighted by Crippen LogP contribution is 2.15. The first-order valence-electron chi connectivity index (χ1n) is 5.20. The van der Waals surface area contributed by atoms with E-state index in [0.717, 1.165) is 6.42 Å². The van der Waals surface area contributed by atoms with Gasteiger partial charge in [-0.25, -0.2) is 0 Å². The van der Waals surface area contributed by atoms with Crippen LogP contribution >= 0.6 is 11.6 Å². The molecule has 0 aromatic heterocycles. The molecule has 0 heterocycles. The number of halogens is 1. The molecule has 2 nitrogen and oxygen atoms in total. The van der Waals surface area contributed by atoms with E-state index < -0.39 is 0 Å². The molecule has 0 atom stereocenters. The number of carbonyl (C=O) groups is 1. The van der Waals surface area contributed by atoms with Crippen LogP contribution in [0.15, 0.2) is 0 Å². The Labute approximate surface area is 92.4 Å². The fourth-order valence-corrected chi connectivity index (χ4v) is 0.988. The number of hydrogen-bond donors (Lipinski definition) is 1. The van der Waals surface area contributed by atoms with E-state index in [9.17, 15) is 4.79 Å². The van der Waals surface area contributed by atoms with Crippen molar-refractivity contribution in [1.82, 2.24) is 5.32 Å². The largest absolute Gasteiger partial charge is 0.356 e. The van der Waals surface area contributed by atoms with Crippen LogP contribution in [0.5, 0.6) is 0 Å². The number of rotatable bonds is 6. The minimum absolute atomic E-state index is 0.00491. The molecule has 1 amide bonds. The summed E-state index contributed by atoms with van der Waals surface area (Å²) in [7, 11) is 0. The summed E-state index contributed by atoms with van der Waals surface area (Å²) < 4.78 is 0. The van der Waals surface area contributed by atoms with Gasteiger partial charge in [0.2, 0.25) is 5.91 Å². The van der Waals surface area contributed by atoms with Gasteiger partial charge in [0.25, 0.3) is 0 Å². The van der Waals surface area contributed by atoms with Crippen molar-refractivity contribution in [3.05, 3.63) is 0 Å². The summed E-state index contributed by atoms with van der Waals surface area (Å²) >= 11 is 5.75. The summed E-state index contributed by atoms with van der Waals surface area (Å²) in [6.45, 7) is 8.99. The SMILES string of the molecule is CC(C)CCC(=O)NCC(C)(C)CCl. The van der Waals surface area contributed by atoms with Crippen LogP contribution in [0.25, 0.3) is 0 Å². The quantitative estimate of drug-likeness (QED) is 0.684. The lowest BCUT2D eigenvalue weighted by molar-refractivity contribution is -0.121. The lowest BCUT2D eigenvalue weighted by Gasteiger charge is -2.21. The average molecular weight is 220 g/mol. The van der Waals surface area contributed by atoms with Crippen molar-refractivity contribution in [1.29, 1.82) is 0 Å². The van der Waals surface area contributed by atoms with E-state index >= 15 is 0 Å². The van der Waals surface area contributed by atoms with E-state index in [1.807, 2.05) is 13.8 Å². The Bertz CT molecular complexity index is 178. The first-order valence-corrected chi connectivity index (χ1v) is 5.73. The third-order valence-corrected chi connectivity index (χ3v) is 2.80. The Morgan fingerprint density at radius 1 is 1.43 bits per heavy atom. The Kier molecular flexibility index (Phi) is 6.17. The van der Waals surface area contributed by atoms with E-state index in [4.69, 9.17) is 11.6 Å². The Hall–Kier alpha value is -0.240. The van der Waals surface area contributed by atoms with Crippen molar-refractivity contribution >= 4 is 17.5 Å². The van der Waals surface area contributed by atoms with Gasteiger partial charge < -0.3 is 5.32 Å². The summed E-state index contributed by atoms with van der Waals surface area (Å²) in [4.78, 5) is 11.4. The number of alkyl halides is 1. The predicted octanol–water partition coefficient (Wildman–Crippen LogP) is 2.80. The fourth-order valence-electron chi connectivity index (χ4n) is 0.893. The molecule has 0 aromatic rings. The monoisotopic (exact) mass is 219 g/mol. The van der Waals surface area contributed by atoms with Gasteiger partial charge >= 0.3 is 0 Å². The molecule has 0 aromatic carbocycles. The van der Waals surface area contributed by atoms with Gasteiger partial charge in [-0.15, -0.1) is 11.6 Å². The first-order chi connectivity index (χ1) is 6.37. The zero-order valence-corrected chi connectivity index (χ0v) is 10.4. The smallest absolute Gasteiger partial charge is 0.220 e. The third-order valence-electron chi connectivity index (χ3n) is 2.07. The second kappa shape index (κ2) is 6.28. The van der Waals surface area contributed by atoms with Crippen LogP contribution < -0.4 is 5.32 Å². The molecule has 0 spiro atoms. The molecule has 3 heteroatoms. The first kappa shape index (κ1) is 13.8. The second-order valence-electron chi connectivity index (χ2n) is 5.01. The minimum atomic E-state index is -0.00491. The van der Waals surface area contributed by atoms with Gasteiger partial charge in [0.1, 0.15) is 0 Å². The molecule has 0 aliphatic heterocycles. The minimum Gasteiger partial charge on any atom is -0.356 e. The van der Waals surface area contributed by atoms with Gasteiger partial charge in [0.05, 0.1) is 0 Å². The molecular formula is C11H22ClNO. The standard InChI is InChI=1S/C11H22ClNO/c1-9(2)5-6-10(14)13-8-11(3,4)7-12/h9H,5-8H2,1-4H3,(H,13,14). The van der Waals surface area contributed by atoms with E-state index in [0.29, 0.717) is 24.8 Å². The Morgan fingerprint density at radius 3 is 2.43 bits per heavy atom. The molecule has 0 unspecified atom stereocenters. The molecule has 0 saturated carbocycles. The van der Waals surface area contributed by atoms with E-state index in [1.165, 1.54) is 0 Å². The van der Waals surface area contributed by atoms with Crippen LogP contribution in [0, 0.1) is 11.3 Å². The van der Waals surface area contributed by atoms with Crippen molar-refractivity contribution in [2.45, 2.75) is 40.5 Å². The van der Waals surface area contributed by atoms with E-state index in [-0.39, 0.29) is 11.3 Å². The maximum atomic E-state index is 11.4. The molecule has 0 radical (unpaired) electrons. The van der Waals surface area contributed by atoms with E-state index in [1.54, 1.807) is 0 Å². The van der Waals surface area contributed by atoms with Gasteiger partial charge in [-0.05, 0) is 17.8 Å². The molecule has 14 heavy (non-hydrogen) atoms. The number of carbonyl (C=O) groups excluding carboxylic acids is 1. The second-order valence-corrected chi connectivity index (χ2v) is 5.27. The third kappa shape index (κ3) is 7.19. The van der Waals surface area contributed by atoms with Crippen molar-refractivity contribution in [2.24, 2.45) is 11.3 Å². The van der Waals surface area contributed by atoms with Crippen molar-refractivity contribution in [3.8, 4) is 0 Å². The fraction of sp³-hybridized carbons (Fsp3) is 0.909. The summed E-state index contributed by atoms with van der Waals surface area (Å²) in [5.74, 6) is 1.29. The average Bonchev–Trinajstić information content (AvgIpc) is 2.11. The van der Waals surface area contributed by atoms with Crippen molar-refractivity contribution < 1.29 is 4.79 Å². The number of hydrogen-bond acceptors (Lipinski definition) is 1. The van der Waals surface area contributed by atoms with Gasteiger partial charge in [-0.3, -0.25) is 4.79 Å². The highest BCUT2D eigenvalue weighted by molar-refractivity contribution is 6.18. The van der Waals surface area contributed by atoms with E-state index in [2.05, 4.69) is 19.2 Å². The Balaban J connectivity index is 3.64. The molecule has 0 aliphatic rings. The molecule has 0 bridgehead atoms. The molecule has 84 valence electrons. The molecular weight excluding hydrogens is 198 g/mol. The summed E-state index contributed by atoms with van der Waals surface area (Å²) in [6.07, 6.45) is 1.57. The molecule has 0 saturated heterocycles. The maximum Gasteiger partial charge on any atom is 0.220 e. The van der Waals surface area contributed by atoms with Gasteiger partial charge in [-0.1, -0.05) is 27.7 Å². The molecule has 0 rings (SSSR count). The van der Waals surface area contributed by atoms with Crippen molar-refractivity contribution in [2.75, 3.05) is 12.4 Å². The van der Waals surface area contributed by atoms with Gasteiger partial charge in [0, 0.05) is 18.8 Å². The van der Waals surface area contributed by atoms with Crippen LogP contribution in [0.4, 0.5) is 0 Å². The lowest BCUT2D eigenvalue weighted by Crippen LogP contribution is -2.34. The summed E-state index contributed by atoms with van der Waals surface area (Å²) in [6, 6.07) is 0.